The van der Waals surface area contributed by atoms with E-state index in [0.717, 1.165) is 54.7 Å². The van der Waals surface area contributed by atoms with Gasteiger partial charge in [-0.1, -0.05) is 51.0 Å². The molecule has 1 atom stereocenters. The third-order valence-corrected chi connectivity index (χ3v) is 6.58. The molecule has 1 saturated heterocycles. The van der Waals surface area contributed by atoms with E-state index < -0.39 is 0 Å². The van der Waals surface area contributed by atoms with Gasteiger partial charge in [-0.3, -0.25) is 9.59 Å². The molecule has 6 heteroatoms. The molecule has 33 heavy (non-hydrogen) atoms. The second-order valence-corrected chi connectivity index (χ2v) is 9.15. The minimum atomic E-state index is 0.0189. The van der Waals surface area contributed by atoms with Gasteiger partial charge in [0, 0.05) is 42.8 Å². The van der Waals surface area contributed by atoms with Gasteiger partial charge in [0.15, 0.2) is 5.65 Å². The first-order valence-electron chi connectivity index (χ1n) is 12.3. The zero-order valence-electron chi connectivity index (χ0n) is 20.0. The lowest BCUT2D eigenvalue weighted by Crippen LogP contribution is -2.38. The van der Waals surface area contributed by atoms with E-state index in [-0.39, 0.29) is 17.7 Å². The minimum Gasteiger partial charge on any atom is -0.335 e. The molecule has 4 rings (SSSR count). The summed E-state index contributed by atoms with van der Waals surface area (Å²) in [6, 6.07) is 12.1. The summed E-state index contributed by atoms with van der Waals surface area (Å²) in [4.78, 5) is 32.0. The Bertz CT molecular complexity index is 1130. The Morgan fingerprint density at radius 1 is 1.06 bits per heavy atom. The Labute approximate surface area is 196 Å². The molecule has 1 aliphatic rings. The topological polar surface area (TPSA) is 67.6 Å². The van der Waals surface area contributed by atoms with Gasteiger partial charge in [-0.2, -0.15) is 5.10 Å². The highest BCUT2D eigenvalue weighted by Gasteiger charge is 2.25. The second kappa shape index (κ2) is 10.3. The van der Waals surface area contributed by atoms with Crippen molar-refractivity contribution in [1.29, 1.82) is 0 Å². The van der Waals surface area contributed by atoms with Gasteiger partial charge in [0.2, 0.25) is 0 Å². The molecule has 3 heterocycles. The number of amides is 1. The Morgan fingerprint density at radius 3 is 2.58 bits per heavy atom. The summed E-state index contributed by atoms with van der Waals surface area (Å²) in [5, 5.41) is 4.78. The van der Waals surface area contributed by atoms with Crippen LogP contribution in [0.3, 0.4) is 0 Å². The SMILES string of the molecule is CCCC(=O)Cc1ccc(-c2cc3nc(C(=O)N4CCCCCC4C)cc(CC)n3n2)cc1. The van der Waals surface area contributed by atoms with Gasteiger partial charge < -0.3 is 4.90 Å². The molecule has 174 valence electrons. The van der Waals surface area contributed by atoms with E-state index in [9.17, 15) is 9.59 Å². The zero-order chi connectivity index (χ0) is 23.4. The lowest BCUT2D eigenvalue weighted by Gasteiger charge is -2.27. The van der Waals surface area contributed by atoms with Crippen LogP contribution in [0, 0.1) is 0 Å². The number of hydrogen-bond donors (Lipinski definition) is 0. The number of fused-ring (bicyclic) bond motifs is 1. The molecular weight excluding hydrogens is 412 g/mol. The third kappa shape index (κ3) is 5.15. The Balaban J connectivity index is 1.62. The van der Waals surface area contributed by atoms with Gasteiger partial charge >= 0.3 is 0 Å². The molecule has 0 saturated carbocycles. The number of nitrogens with zero attached hydrogens (tertiary/aromatic N) is 4. The maximum Gasteiger partial charge on any atom is 0.272 e. The standard InChI is InChI=1S/C27H34N4O2/c1-4-9-23(32)16-20-11-13-21(14-12-20)24-18-26-28-25(17-22(5-2)31(26)29-24)27(33)30-15-8-6-7-10-19(30)3/h11-14,17-19H,4-10,15-16H2,1-3H3. The second-order valence-electron chi connectivity index (χ2n) is 9.15. The number of Topliss-reactive ketones (excluding diaryl/α,β-unsaturated/α-hetero) is 1. The van der Waals surface area contributed by atoms with Crippen LogP contribution in [-0.4, -0.2) is 43.8 Å². The van der Waals surface area contributed by atoms with Crippen LogP contribution >= 0.6 is 0 Å². The number of aryl methyl sites for hydroxylation is 1. The van der Waals surface area contributed by atoms with Gasteiger partial charge in [-0.25, -0.2) is 9.50 Å². The fourth-order valence-corrected chi connectivity index (χ4v) is 4.65. The summed E-state index contributed by atoms with van der Waals surface area (Å²) >= 11 is 0. The van der Waals surface area contributed by atoms with Crippen LogP contribution in [0.15, 0.2) is 36.4 Å². The Morgan fingerprint density at radius 2 is 1.85 bits per heavy atom. The predicted molar refractivity (Wildman–Crippen MR) is 130 cm³/mol. The molecule has 1 aliphatic heterocycles. The van der Waals surface area contributed by atoms with Gasteiger partial charge in [0.1, 0.15) is 11.5 Å². The molecule has 0 spiro atoms. The molecule has 0 radical (unpaired) electrons. The molecule has 1 unspecified atom stereocenters. The lowest BCUT2D eigenvalue weighted by atomic mass is 10.0. The molecule has 1 aromatic carbocycles. The molecule has 2 aromatic heterocycles. The van der Waals surface area contributed by atoms with Crippen molar-refractivity contribution < 1.29 is 9.59 Å². The van der Waals surface area contributed by atoms with Crippen LogP contribution in [0.1, 0.15) is 81.0 Å². The molecular formula is C27H34N4O2. The first-order chi connectivity index (χ1) is 16.0. The van der Waals surface area contributed by atoms with E-state index in [1.165, 1.54) is 12.8 Å². The van der Waals surface area contributed by atoms with Gasteiger partial charge in [0.05, 0.1) is 5.69 Å². The van der Waals surface area contributed by atoms with Crippen LogP contribution in [-0.2, 0) is 17.6 Å². The number of hydrogen-bond acceptors (Lipinski definition) is 4. The number of benzene rings is 1. The van der Waals surface area contributed by atoms with Crippen molar-refractivity contribution in [3.63, 3.8) is 0 Å². The summed E-state index contributed by atoms with van der Waals surface area (Å²) in [5.41, 5.74) is 4.98. The average molecular weight is 447 g/mol. The monoisotopic (exact) mass is 446 g/mol. The van der Waals surface area contributed by atoms with E-state index in [0.29, 0.717) is 24.2 Å². The van der Waals surface area contributed by atoms with E-state index in [4.69, 9.17) is 10.1 Å². The summed E-state index contributed by atoms with van der Waals surface area (Å²) < 4.78 is 1.84. The quantitative estimate of drug-likeness (QED) is 0.495. The fraction of sp³-hybridized carbons (Fsp3) is 0.481. The van der Waals surface area contributed by atoms with Crippen molar-refractivity contribution in [2.24, 2.45) is 0 Å². The van der Waals surface area contributed by atoms with Crippen molar-refractivity contribution in [3.8, 4) is 11.3 Å². The first kappa shape index (κ1) is 23.1. The van der Waals surface area contributed by atoms with E-state index in [2.05, 4.69) is 13.8 Å². The van der Waals surface area contributed by atoms with Crippen LogP contribution in [0.2, 0.25) is 0 Å². The van der Waals surface area contributed by atoms with Crippen LogP contribution in [0.5, 0.6) is 0 Å². The molecule has 6 nitrogen and oxygen atoms in total. The van der Waals surface area contributed by atoms with Crippen molar-refractivity contribution >= 4 is 17.3 Å². The van der Waals surface area contributed by atoms with Crippen LogP contribution in [0.4, 0.5) is 0 Å². The highest BCUT2D eigenvalue weighted by Crippen LogP contribution is 2.23. The molecule has 1 amide bonds. The van der Waals surface area contributed by atoms with E-state index >= 15 is 0 Å². The lowest BCUT2D eigenvalue weighted by molar-refractivity contribution is -0.118. The number of aromatic nitrogens is 3. The number of rotatable bonds is 7. The molecule has 0 bridgehead atoms. The van der Waals surface area contributed by atoms with Crippen molar-refractivity contribution in [2.75, 3.05) is 6.54 Å². The van der Waals surface area contributed by atoms with Crippen molar-refractivity contribution in [1.82, 2.24) is 19.5 Å². The summed E-state index contributed by atoms with van der Waals surface area (Å²) in [5.74, 6) is 0.288. The van der Waals surface area contributed by atoms with Gasteiger partial charge in [-0.15, -0.1) is 0 Å². The third-order valence-electron chi connectivity index (χ3n) is 6.58. The number of carbonyl (C=O) groups excluding carboxylic acids is 2. The van der Waals surface area contributed by atoms with E-state index in [1.54, 1.807) is 0 Å². The summed E-state index contributed by atoms with van der Waals surface area (Å²) in [7, 11) is 0. The Hall–Kier alpha value is -3.02. The molecule has 3 aromatic rings. The van der Waals surface area contributed by atoms with Crippen LogP contribution < -0.4 is 0 Å². The number of carbonyl (C=O) groups is 2. The zero-order valence-corrected chi connectivity index (χ0v) is 20.0. The maximum absolute atomic E-state index is 13.3. The van der Waals surface area contributed by atoms with Gasteiger partial charge in [-0.05, 0) is 44.2 Å². The minimum absolute atomic E-state index is 0.0189. The van der Waals surface area contributed by atoms with Crippen molar-refractivity contribution in [2.45, 2.75) is 78.2 Å². The molecule has 0 aliphatic carbocycles. The smallest absolute Gasteiger partial charge is 0.272 e. The normalized spacial score (nSPS) is 16.7. The van der Waals surface area contributed by atoms with Gasteiger partial charge in [0.25, 0.3) is 5.91 Å². The maximum atomic E-state index is 13.3. The van der Waals surface area contributed by atoms with Crippen molar-refractivity contribution in [3.05, 3.63) is 53.3 Å². The number of ketones is 1. The largest absolute Gasteiger partial charge is 0.335 e. The highest BCUT2D eigenvalue weighted by atomic mass is 16.2. The first-order valence-corrected chi connectivity index (χ1v) is 12.3. The molecule has 0 N–H and O–H groups in total. The summed E-state index contributed by atoms with van der Waals surface area (Å²) in [6.45, 7) is 7.03. The fourth-order valence-electron chi connectivity index (χ4n) is 4.65. The summed E-state index contributed by atoms with van der Waals surface area (Å²) in [6.07, 6.45) is 7.19. The Kier molecular flexibility index (Phi) is 7.21. The number of likely N-dealkylation sites (tertiary alicyclic amines) is 1. The highest BCUT2D eigenvalue weighted by molar-refractivity contribution is 5.93. The average Bonchev–Trinajstić information content (AvgIpc) is 3.13. The molecule has 1 fully saturated rings. The van der Waals surface area contributed by atoms with E-state index in [1.807, 2.05) is 52.7 Å². The van der Waals surface area contributed by atoms with Crippen LogP contribution in [0.25, 0.3) is 16.9 Å². The predicted octanol–water partition coefficient (Wildman–Crippen LogP) is 5.28.